The molecule has 18 heavy (non-hydrogen) atoms. The molecule has 0 aliphatic heterocycles. The summed E-state index contributed by atoms with van der Waals surface area (Å²) >= 11 is 0. The number of H-pyrrole nitrogens is 1. The summed E-state index contributed by atoms with van der Waals surface area (Å²) in [5.41, 5.74) is 3.39. The zero-order valence-corrected chi connectivity index (χ0v) is 10.6. The lowest BCUT2D eigenvalue weighted by Crippen LogP contribution is -2.04. The van der Waals surface area contributed by atoms with Gasteiger partial charge in [0.05, 0.1) is 12.3 Å². The first-order valence-electron chi connectivity index (χ1n) is 6.06. The molecule has 1 N–H and O–H groups in total. The van der Waals surface area contributed by atoms with Crippen LogP contribution >= 0.6 is 0 Å². The van der Waals surface area contributed by atoms with E-state index in [4.69, 9.17) is 4.74 Å². The molecule has 0 bridgehead atoms. The molecule has 0 amide bonds. The van der Waals surface area contributed by atoms with Gasteiger partial charge in [0.2, 0.25) is 0 Å². The van der Waals surface area contributed by atoms with Gasteiger partial charge in [0.15, 0.2) is 0 Å². The number of rotatable bonds is 4. The van der Waals surface area contributed by atoms with Crippen LogP contribution in [-0.4, -0.2) is 22.8 Å². The van der Waals surface area contributed by atoms with Crippen molar-refractivity contribution < 1.29 is 9.53 Å². The Hall–Kier alpha value is -2.10. The highest BCUT2D eigenvalue weighted by Crippen LogP contribution is 2.18. The second-order valence-corrected chi connectivity index (χ2v) is 3.94. The van der Waals surface area contributed by atoms with Crippen molar-refractivity contribution in [2.75, 3.05) is 6.61 Å². The standard InChI is InChI=1S/C14H16N2O2/c1-3-10-5-7-11(8-6-10)12-9-13(16-15-12)14(17)18-4-2/h5-9H,3-4H2,1-2H3,(H,15,16). The molecule has 1 aromatic carbocycles. The Kier molecular flexibility index (Phi) is 3.77. The molecule has 0 aliphatic rings. The van der Waals surface area contributed by atoms with Gasteiger partial charge < -0.3 is 4.74 Å². The number of ether oxygens (including phenoxy) is 1. The van der Waals surface area contributed by atoms with E-state index in [0.29, 0.717) is 12.3 Å². The fraction of sp³-hybridized carbons (Fsp3) is 0.286. The van der Waals surface area contributed by atoms with Gasteiger partial charge in [0, 0.05) is 5.56 Å². The number of hydrogen-bond donors (Lipinski definition) is 1. The monoisotopic (exact) mass is 244 g/mol. The van der Waals surface area contributed by atoms with E-state index in [1.807, 2.05) is 12.1 Å². The summed E-state index contributed by atoms with van der Waals surface area (Å²) in [7, 11) is 0. The van der Waals surface area contributed by atoms with Crippen LogP contribution < -0.4 is 0 Å². The van der Waals surface area contributed by atoms with Crippen LogP contribution in [0.25, 0.3) is 11.3 Å². The van der Waals surface area contributed by atoms with Crippen molar-refractivity contribution >= 4 is 5.97 Å². The smallest absolute Gasteiger partial charge is 0.356 e. The van der Waals surface area contributed by atoms with Crippen molar-refractivity contribution in [3.8, 4) is 11.3 Å². The molecule has 4 nitrogen and oxygen atoms in total. The van der Waals surface area contributed by atoms with Gasteiger partial charge >= 0.3 is 5.97 Å². The van der Waals surface area contributed by atoms with Gasteiger partial charge in [-0.3, -0.25) is 5.10 Å². The van der Waals surface area contributed by atoms with Gasteiger partial charge in [-0.2, -0.15) is 5.10 Å². The van der Waals surface area contributed by atoms with Crippen LogP contribution in [0.15, 0.2) is 30.3 Å². The largest absolute Gasteiger partial charge is 0.461 e. The third-order valence-corrected chi connectivity index (χ3v) is 2.73. The molecule has 0 fully saturated rings. The lowest BCUT2D eigenvalue weighted by atomic mass is 10.1. The van der Waals surface area contributed by atoms with Crippen LogP contribution in [0.5, 0.6) is 0 Å². The van der Waals surface area contributed by atoms with Crippen LogP contribution in [0.2, 0.25) is 0 Å². The first-order chi connectivity index (χ1) is 8.74. The zero-order chi connectivity index (χ0) is 13.0. The van der Waals surface area contributed by atoms with E-state index in [9.17, 15) is 4.79 Å². The molecule has 94 valence electrons. The maximum atomic E-state index is 11.5. The molecule has 0 spiro atoms. The Morgan fingerprint density at radius 1 is 1.28 bits per heavy atom. The zero-order valence-electron chi connectivity index (χ0n) is 10.6. The summed E-state index contributed by atoms with van der Waals surface area (Å²) in [6.45, 7) is 4.25. The van der Waals surface area contributed by atoms with Crippen molar-refractivity contribution in [2.24, 2.45) is 0 Å². The Morgan fingerprint density at radius 2 is 2.00 bits per heavy atom. The number of aromatic amines is 1. The van der Waals surface area contributed by atoms with Crippen molar-refractivity contribution in [1.82, 2.24) is 10.2 Å². The van der Waals surface area contributed by atoms with Gasteiger partial charge in [-0.25, -0.2) is 4.79 Å². The van der Waals surface area contributed by atoms with Crippen molar-refractivity contribution in [1.29, 1.82) is 0 Å². The molecule has 4 heteroatoms. The van der Waals surface area contributed by atoms with E-state index in [1.54, 1.807) is 13.0 Å². The number of aromatic nitrogens is 2. The van der Waals surface area contributed by atoms with E-state index >= 15 is 0 Å². The summed E-state index contributed by atoms with van der Waals surface area (Å²) in [6.07, 6.45) is 1.01. The maximum Gasteiger partial charge on any atom is 0.356 e. The number of nitrogens with zero attached hydrogens (tertiary/aromatic N) is 1. The molecule has 0 unspecified atom stereocenters. The van der Waals surface area contributed by atoms with Crippen molar-refractivity contribution in [2.45, 2.75) is 20.3 Å². The third-order valence-electron chi connectivity index (χ3n) is 2.73. The van der Waals surface area contributed by atoms with Gasteiger partial charge in [-0.1, -0.05) is 31.2 Å². The van der Waals surface area contributed by atoms with Crippen molar-refractivity contribution in [3.63, 3.8) is 0 Å². The number of benzene rings is 1. The lowest BCUT2D eigenvalue weighted by Gasteiger charge is -1.98. The summed E-state index contributed by atoms with van der Waals surface area (Å²) < 4.78 is 4.90. The molecule has 2 rings (SSSR count). The van der Waals surface area contributed by atoms with E-state index in [0.717, 1.165) is 17.7 Å². The Balaban J connectivity index is 2.20. The van der Waals surface area contributed by atoms with Crippen LogP contribution in [0, 0.1) is 0 Å². The number of hydrogen-bond acceptors (Lipinski definition) is 3. The maximum absolute atomic E-state index is 11.5. The molecule has 0 aliphatic carbocycles. The van der Waals surface area contributed by atoms with Gasteiger partial charge in [0.1, 0.15) is 5.69 Å². The number of esters is 1. The summed E-state index contributed by atoms with van der Waals surface area (Å²) in [6, 6.07) is 9.84. The van der Waals surface area contributed by atoms with Crippen LogP contribution in [0.3, 0.4) is 0 Å². The summed E-state index contributed by atoms with van der Waals surface area (Å²) in [5, 5.41) is 6.81. The number of nitrogens with one attached hydrogen (secondary N) is 1. The van der Waals surface area contributed by atoms with E-state index in [-0.39, 0.29) is 5.97 Å². The van der Waals surface area contributed by atoms with Gasteiger partial charge in [0.25, 0.3) is 0 Å². The van der Waals surface area contributed by atoms with Crippen LogP contribution in [0.1, 0.15) is 29.9 Å². The predicted molar refractivity (Wildman–Crippen MR) is 69.4 cm³/mol. The molecule has 0 saturated carbocycles. The number of carbonyl (C=O) groups is 1. The average Bonchev–Trinajstić information content (AvgIpc) is 2.89. The fourth-order valence-corrected chi connectivity index (χ4v) is 1.69. The molecule has 0 radical (unpaired) electrons. The molecular formula is C14H16N2O2. The summed E-state index contributed by atoms with van der Waals surface area (Å²) in [4.78, 5) is 11.5. The minimum Gasteiger partial charge on any atom is -0.461 e. The molecule has 1 aromatic heterocycles. The predicted octanol–water partition coefficient (Wildman–Crippen LogP) is 2.82. The van der Waals surface area contributed by atoms with E-state index in [2.05, 4.69) is 29.3 Å². The molecular weight excluding hydrogens is 228 g/mol. The minimum absolute atomic E-state index is 0.360. The number of aryl methyl sites for hydroxylation is 1. The van der Waals surface area contributed by atoms with Crippen LogP contribution in [0.4, 0.5) is 0 Å². The fourth-order valence-electron chi connectivity index (χ4n) is 1.69. The average molecular weight is 244 g/mol. The topological polar surface area (TPSA) is 55.0 Å². The van der Waals surface area contributed by atoms with E-state index < -0.39 is 0 Å². The molecule has 0 saturated heterocycles. The van der Waals surface area contributed by atoms with Crippen LogP contribution in [-0.2, 0) is 11.2 Å². The second-order valence-electron chi connectivity index (χ2n) is 3.94. The molecule has 0 atom stereocenters. The Bertz CT molecular complexity index is 529. The Labute approximate surface area is 106 Å². The molecule has 2 aromatic rings. The first-order valence-corrected chi connectivity index (χ1v) is 6.06. The SMILES string of the molecule is CCOC(=O)c1cc(-c2ccc(CC)cc2)n[nH]1. The van der Waals surface area contributed by atoms with Gasteiger partial charge in [-0.05, 0) is 25.0 Å². The number of carbonyl (C=O) groups excluding carboxylic acids is 1. The Morgan fingerprint density at radius 3 is 2.61 bits per heavy atom. The highest BCUT2D eigenvalue weighted by atomic mass is 16.5. The molecule has 1 heterocycles. The normalized spacial score (nSPS) is 10.3. The quantitative estimate of drug-likeness (QED) is 0.841. The van der Waals surface area contributed by atoms with E-state index in [1.165, 1.54) is 5.56 Å². The lowest BCUT2D eigenvalue weighted by molar-refractivity contribution is 0.0519. The summed E-state index contributed by atoms with van der Waals surface area (Å²) in [5.74, 6) is -0.374. The van der Waals surface area contributed by atoms with Crippen molar-refractivity contribution in [3.05, 3.63) is 41.6 Å². The van der Waals surface area contributed by atoms with Gasteiger partial charge in [-0.15, -0.1) is 0 Å². The third kappa shape index (κ3) is 2.59. The highest BCUT2D eigenvalue weighted by Gasteiger charge is 2.11. The second kappa shape index (κ2) is 5.49. The minimum atomic E-state index is -0.374. The first kappa shape index (κ1) is 12.4. The highest BCUT2D eigenvalue weighted by molar-refractivity contribution is 5.88.